The van der Waals surface area contributed by atoms with E-state index in [4.69, 9.17) is 4.74 Å². The van der Waals surface area contributed by atoms with Crippen molar-refractivity contribution < 1.29 is 18.7 Å². The third-order valence-corrected chi connectivity index (χ3v) is 5.10. The second-order valence-corrected chi connectivity index (χ2v) is 7.44. The average molecular weight is 382 g/mol. The highest BCUT2D eigenvalue weighted by Crippen LogP contribution is 2.30. The number of carbonyl (C=O) groups is 2. The Labute approximate surface area is 154 Å². The van der Waals surface area contributed by atoms with Crippen LogP contribution in [0.25, 0.3) is 10.4 Å². The first-order valence-corrected chi connectivity index (χ1v) is 9.78. The number of nitrogens with zero attached hydrogens (tertiary/aromatic N) is 1. The minimum absolute atomic E-state index is 0.186. The number of hydrogen-bond acceptors (Lipinski definition) is 6. The first kappa shape index (κ1) is 19.4. The van der Waals surface area contributed by atoms with Crippen LogP contribution in [-0.4, -0.2) is 42.0 Å². The number of thioether (sulfide) groups is 1. The predicted octanol–water partition coefficient (Wildman–Crippen LogP) is 3.28. The van der Waals surface area contributed by atoms with Gasteiger partial charge in [-0.2, -0.15) is 11.8 Å². The number of carbonyl (C=O) groups excluding carboxylic acids is 2. The Morgan fingerprint density at radius 3 is 2.84 bits per heavy atom. The zero-order valence-electron chi connectivity index (χ0n) is 14.2. The molecule has 0 radical (unpaired) electrons. The summed E-state index contributed by atoms with van der Waals surface area (Å²) in [4.78, 5) is 29.4. The number of hydrogen-bond donors (Lipinski definition) is 1. The Morgan fingerprint density at radius 1 is 1.44 bits per heavy atom. The van der Waals surface area contributed by atoms with E-state index in [2.05, 4.69) is 10.3 Å². The maximum Gasteiger partial charge on any atom is 0.328 e. The zero-order chi connectivity index (χ0) is 18.4. The Hall–Kier alpha value is -1.93. The Bertz CT molecular complexity index is 764. The molecule has 1 unspecified atom stereocenters. The number of aromatic nitrogens is 1. The number of nitrogens with one attached hydrogen (secondary N) is 1. The van der Waals surface area contributed by atoms with Crippen LogP contribution in [0.1, 0.15) is 21.9 Å². The van der Waals surface area contributed by atoms with Crippen molar-refractivity contribution in [3.63, 3.8) is 0 Å². The highest BCUT2D eigenvalue weighted by Gasteiger charge is 2.25. The molecule has 1 atom stereocenters. The monoisotopic (exact) mass is 382 g/mol. The first-order valence-electron chi connectivity index (χ1n) is 7.57. The highest BCUT2D eigenvalue weighted by molar-refractivity contribution is 7.98. The van der Waals surface area contributed by atoms with Crippen LogP contribution in [0.3, 0.4) is 0 Å². The van der Waals surface area contributed by atoms with Gasteiger partial charge < -0.3 is 10.1 Å². The summed E-state index contributed by atoms with van der Waals surface area (Å²) in [6.45, 7) is 1.77. The van der Waals surface area contributed by atoms with Gasteiger partial charge >= 0.3 is 5.97 Å². The molecule has 1 heterocycles. The predicted molar refractivity (Wildman–Crippen MR) is 98.5 cm³/mol. The molecule has 0 saturated heterocycles. The van der Waals surface area contributed by atoms with Gasteiger partial charge in [0.25, 0.3) is 5.91 Å². The molecule has 0 aliphatic carbocycles. The molecular weight excluding hydrogens is 363 g/mol. The number of aryl methyl sites for hydroxylation is 1. The van der Waals surface area contributed by atoms with Gasteiger partial charge in [-0.25, -0.2) is 14.2 Å². The number of rotatable bonds is 7. The standard InChI is InChI=1S/C17H19FN2O3S2/c1-10-19-14(15(25-10)11-5-4-6-12(18)9-11)16(21)20-13(7-8-24-3)17(22)23-2/h4-6,9,13H,7-8H2,1-3H3,(H,20,21). The summed E-state index contributed by atoms with van der Waals surface area (Å²) >= 11 is 2.88. The van der Waals surface area contributed by atoms with Crippen LogP contribution in [-0.2, 0) is 9.53 Å². The normalized spacial score (nSPS) is 11.8. The van der Waals surface area contributed by atoms with Crippen LogP contribution < -0.4 is 5.32 Å². The summed E-state index contributed by atoms with van der Waals surface area (Å²) in [5.41, 5.74) is 0.764. The van der Waals surface area contributed by atoms with Gasteiger partial charge in [0.2, 0.25) is 0 Å². The van der Waals surface area contributed by atoms with Crippen LogP contribution in [0.5, 0.6) is 0 Å². The molecule has 2 rings (SSSR count). The fourth-order valence-corrected chi connectivity index (χ4v) is 3.64. The lowest BCUT2D eigenvalue weighted by atomic mass is 10.1. The zero-order valence-corrected chi connectivity index (χ0v) is 15.8. The summed E-state index contributed by atoms with van der Waals surface area (Å²) in [6.07, 6.45) is 2.38. The molecule has 25 heavy (non-hydrogen) atoms. The van der Waals surface area contributed by atoms with E-state index in [0.29, 0.717) is 27.6 Å². The van der Waals surface area contributed by atoms with E-state index in [1.807, 2.05) is 6.26 Å². The molecule has 1 aromatic carbocycles. The number of esters is 1. The summed E-state index contributed by atoms with van der Waals surface area (Å²) in [5, 5.41) is 3.36. The van der Waals surface area contributed by atoms with Gasteiger partial charge in [0.05, 0.1) is 17.0 Å². The molecule has 1 aromatic heterocycles. The summed E-state index contributed by atoms with van der Waals surface area (Å²) < 4.78 is 18.3. The van der Waals surface area contributed by atoms with Crippen LogP contribution in [0.2, 0.25) is 0 Å². The lowest BCUT2D eigenvalue weighted by Crippen LogP contribution is -2.42. The fraction of sp³-hybridized carbons (Fsp3) is 0.353. The van der Waals surface area contributed by atoms with Crippen molar-refractivity contribution in [3.05, 3.63) is 40.8 Å². The molecule has 0 bridgehead atoms. The van der Waals surface area contributed by atoms with Gasteiger partial charge in [0, 0.05) is 0 Å². The van der Waals surface area contributed by atoms with Gasteiger partial charge in [-0.1, -0.05) is 12.1 Å². The third kappa shape index (κ3) is 5.02. The maximum absolute atomic E-state index is 13.5. The van der Waals surface area contributed by atoms with Gasteiger partial charge in [-0.3, -0.25) is 4.79 Å². The highest BCUT2D eigenvalue weighted by atomic mass is 32.2. The SMILES string of the molecule is COC(=O)C(CCSC)NC(=O)c1nc(C)sc1-c1cccc(F)c1. The van der Waals surface area contributed by atoms with E-state index < -0.39 is 17.9 Å². The smallest absolute Gasteiger partial charge is 0.328 e. The summed E-state index contributed by atoms with van der Waals surface area (Å²) in [6, 6.07) is 5.25. The lowest BCUT2D eigenvalue weighted by molar-refractivity contribution is -0.142. The van der Waals surface area contributed by atoms with Crippen LogP contribution in [0.4, 0.5) is 4.39 Å². The van der Waals surface area contributed by atoms with Crippen molar-refractivity contribution in [3.8, 4) is 10.4 Å². The Kier molecular flexibility index (Phi) is 6.95. The molecule has 1 N–H and O–H groups in total. The molecule has 0 spiro atoms. The molecule has 134 valence electrons. The first-order chi connectivity index (χ1) is 12.0. The second kappa shape index (κ2) is 8.96. The Morgan fingerprint density at radius 2 is 2.20 bits per heavy atom. The number of methoxy groups -OCH3 is 1. The molecule has 0 aliphatic rings. The molecular formula is C17H19FN2O3S2. The van der Waals surface area contributed by atoms with Gasteiger partial charge in [-0.15, -0.1) is 11.3 Å². The molecule has 1 amide bonds. The van der Waals surface area contributed by atoms with Gasteiger partial charge in [0.15, 0.2) is 0 Å². The molecule has 0 fully saturated rings. The summed E-state index contributed by atoms with van der Waals surface area (Å²) in [5.74, 6) is -0.656. The lowest BCUT2D eigenvalue weighted by Gasteiger charge is -2.15. The third-order valence-electron chi connectivity index (χ3n) is 3.44. The molecule has 8 heteroatoms. The van der Waals surface area contributed by atoms with Crippen LogP contribution >= 0.6 is 23.1 Å². The van der Waals surface area contributed by atoms with E-state index in [1.54, 1.807) is 30.8 Å². The average Bonchev–Trinajstić information content (AvgIpc) is 2.99. The number of halogens is 1. The Balaban J connectivity index is 2.28. The van der Waals surface area contributed by atoms with Crippen molar-refractivity contribution in [2.45, 2.75) is 19.4 Å². The van der Waals surface area contributed by atoms with E-state index in [-0.39, 0.29) is 11.5 Å². The fourth-order valence-electron chi connectivity index (χ4n) is 2.26. The van der Waals surface area contributed by atoms with Gasteiger partial charge in [-0.05, 0) is 43.0 Å². The van der Waals surface area contributed by atoms with E-state index >= 15 is 0 Å². The summed E-state index contributed by atoms with van der Waals surface area (Å²) in [7, 11) is 1.28. The van der Waals surface area contributed by atoms with Crippen molar-refractivity contribution in [1.82, 2.24) is 10.3 Å². The number of benzene rings is 1. The minimum atomic E-state index is -0.743. The topological polar surface area (TPSA) is 68.3 Å². The number of amides is 1. The van der Waals surface area contributed by atoms with E-state index in [9.17, 15) is 14.0 Å². The van der Waals surface area contributed by atoms with Crippen molar-refractivity contribution >= 4 is 35.0 Å². The molecule has 2 aromatic rings. The number of ether oxygens (including phenoxy) is 1. The van der Waals surface area contributed by atoms with E-state index in [0.717, 1.165) is 0 Å². The minimum Gasteiger partial charge on any atom is -0.467 e. The van der Waals surface area contributed by atoms with Crippen molar-refractivity contribution in [2.75, 3.05) is 19.1 Å². The molecule has 0 aliphatic heterocycles. The van der Waals surface area contributed by atoms with Crippen LogP contribution in [0.15, 0.2) is 24.3 Å². The van der Waals surface area contributed by atoms with Crippen molar-refractivity contribution in [1.29, 1.82) is 0 Å². The van der Waals surface area contributed by atoms with E-state index in [1.165, 1.54) is 30.6 Å². The largest absolute Gasteiger partial charge is 0.467 e. The van der Waals surface area contributed by atoms with Gasteiger partial charge in [0.1, 0.15) is 17.6 Å². The number of thiazole rings is 1. The quantitative estimate of drug-likeness (QED) is 0.745. The molecule has 5 nitrogen and oxygen atoms in total. The maximum atomic E-state index is 13.5. The van der Waals surface area contributed by atoms with Crippen LogP contribution in [0, 0.1) is 12.7 Å². The second-order valence-electron chi connectivity index (χ2n) is 5.25. The van der Waals surface area contributed by atoms with Crippen molar-refractivity contribution in [2.24, 2.45) is 0 Å². The molecule has 0 saturated carbocycles.